The zero-order valence-corrected chi connectivity index (χ0v) is 30.7. The van der Waals surface area contributed by atoms with Gasteiger partial charge in [0.15, 0.2) is 0 Å². The maximum Gasteiger partial charge on any atom is 2.00 e. The van der Waals surface area contributed by atoms with E-state index >= 15 is 0 Å². The summed E-state index contributed by atoms with van der Waals surface area (Å²) in [7, 11) is 2.98. The summed E-state index contributed by atoms with van der Waals surface area (Å²) in [6.07, 6.45) is 9.57. The van der Waals surface area contributed by atoms with E-state index in [9.17, 15) is 0 Å². The Morgan fingerprint density at radius 2 is 1.24 bits per heavy atom. The van der Waals surface area contributed by atoms with Gasteiger partial charge in [0.1, 0.15) is 0 Å². The number of rotatable bonds is 5. The Kier molecular flexibility index (Phi) is 11.5. The van der Waals surface area contributed by atoms with Crippen LogP contribution in [0.2, 0.25) is 0 Å². The summed E-state index contributed by atoms with van der Waals surface area (Å²) >= 11 is 0. The third kappa shape index (κ3) is 8.18. The first-order chi connectivity index (χ1) is 18.3. The van der Waals surface area contributed by atoms with E-state index in [0.717, 1.165) is 6.16 Å². The first kappa shape index (κ1) is 35.8. The van der Waals surface area contributed by atoms with E-state index in [1.165, 1.54) is 22.3 Å². The van der Waals surface area contributed by atoms with E-state index < -0.39 is 0 Å². The van der Waals surface area contributed by atoms with Gasteiger partial charge in [0.05, 0.1) is 0 Å². The molecule has 1 atom stereocenters. The molecule has 2 nitrogen and oxygen atoms in total. The van der Waals surface area contributed by atoms with Gasteiger partial charge >= 0.3 is 17.1 Å². The quantitative estimate of drug-likeness (QED) is 0.125. The predicted molar refractivity (Wildman–Crippen MR) is 183 cm³/mol. The topological polar surface area (TPSA) is 31.6 Å². The van der Waals surface area contributed by atoms with E-state index in [1.54, 1.807) is 11.1 Å². The van der Waals surface area contributed by atoms with Crippen LogP contribution in [0, 0.1) is 0 Å². The van der Waals surface area contributed by atoms with E-state index in [-0.39, 0.29) is 51.3 Å². The Morgan fingerprint density at radius 3 is 1.54 bits per heavy atom. The van der Waals surface area contributed by atoms with Crippen LogP contribution in [0.3, 0.4) is 0 Å². The van der Waals surface area contributed by atoms with Crippen molar-refractivity contribution >= 4 is 17.2 Å². The van der Waals surface area contributed by atoms with E-state index in [1.807, 2.05) is 30.3 Å². The Hall–Kier alpha value is -1.36. The minimum Gasteiger partial charge on any atom is -0.367 e. The molecule has 0 amide bonds. The van der Waals surface area contributed by atoms with Crippen LogP contribution in [-0.4, -0.2) is 20.3 Å². The fourth-order valence-electron chi connectivity index (χ4n) is 6.14. The summed E-state index contributed by atoms with van der Waals surface area (Å²) in [4.78, 5) is 6.68. The molecular weight excluding hydrogens is 578 g/mol. The minimum atomic E-state index is -0.324. The van der Waals surface area contributed by atoms with E-state index in [2.05, 4.69) is 145 Å². The molecule has 0 spiro atoms. The first-order valence-electron chi connectivity index (χ1n) is 14.6. The zero-order valence-electron chi connectivity index (χ0n) is 27.5. The smallest absolute Gasteiger partial charge is 0.367 e. The summed E-state index contributed by atoms with van der Waals surface area (Å²) in [5.41, 5.74) is 8.73. The number of aromatic amines is 2. The molecule has 2 N–H and O–H groups in total. The largest absolute Gasteiger partial charge is 2.00 e. The van der Waals surface area contributed by atoms with E-state index in [4.69, 9.17) is 0 Å². The van der Waals surface area contributed by atoms with Gasteiger partial charge < -0.3 is 9.97 Å². The minimum absolute atomic E-state index is 0. The average molecular weight is 633 g/mol. The molecule has 0 saturated heterocycles. The Labute approximate surface area is 265 Å². The van der Waals surface area contributed by atoms with Crippen LogP contribution < -0.4 is 0 Å². The Morgan fingerprint density at radius 1 is 0.780 bits per heavy atom. The van der Waals surface area contributed by atoms with Crippen molar-refractivity contribution in [3.8, 4) is 0 Å². The van der Waals surface area contributed by atoms with Crippen molar-refractivity contribution in [1.29, 1.82) is 0 Å². The van der Waals surface area contributed by atoms with Gasteiger partial charge in [-0.2, -0.15) is 34.9 Å². The number of aromatic nitrogens is 2. The van der Waals surface area contributed by atoms with Crippen LogP contribution in [0.5, 0.6) is 0 Å². The van der Waals surface area contributed by atoms with Crippen LogP contribution in [0.1, 0.15) is 116 Å². The molecule has 2 aromatic heterocycles. The molecule has 226 valence electrons. The molecule has 5 heteroatoms. The monoisotopic (exact) mass is 632 g/mol. The van der Waals surface area contributed by atoms with Crippen molar-refractivity contribution in [2.75, 3.05) is 0 Å². The van der Waals surface area contributed by atoms with Gasteiger partial charge in [-0.3, -0.25) is 0 Å². The van der Waals surface area contributed by atoms with Gasteiger partial charge in [-0.25, -0.2) is 18.2 Å². The third-order valence-corrected chi connectivity index (χ3v) is 12.6. The van der Waals surface area contributed by atoms with Gasteiger partial charge in [-0.05, 0) is 45.1 Å². The van der Waals surface area contributed by atoms with Crippen molar-refractivity contribution < 1.29 is 17.1 Å². The van der Waals surface area contributed by atoms with Crippen molar-refractivity contribution in [2.24, 2.45) is 0 Å². The van der Waals surface area contributed by atoms with Crippen LogP contribution in [0.25, 0.3) is 0 Å². The maximum absolute atomic E-state index is 3.34. The van der Waals surface area contributed by atoms with Gasteiger partial charge in [0.25, 0.3) is 0 Å². The fourth-order valence-corrected chi connectivity index (χ4v) is 10.4. The van der Waals surface area contributed by atoms with Crippen LogP contribution in [0.4, 0.5) is 0 Å². The molecule has 0 saturated carbocycles. The fraction of sp³-hybridized carbons (Fsp3) is 0.500. The molecule has 0 aliphatic carbocycles. The third-order valence-electron chi connectivity index (χ3n) is 7.77. The number of hydrogen-bond donors (Lipinski definition) is 2. The molecule has 0 bridgehead atoms. The summed E-state index contributed by atoms with van der Waals surface area (Å²) in [6, 6.07) is 17.0. The first-order valence-corrected chi connectivity index (χ1v) is 16.7. The molecule has 4 rings (SSSR count). The molecule has 2 heterocycles. The van der Waals surface area contributed by atoms with Gasteiger partial charge in [-0.1, -0.05) is 96.4 Å². The molecular formula is C36H54FeN2P2. The average Bonchev–Trinajstić information content (AvgIpc) is 3.62. The summed E-state index contributed by atoms with van der Waals surface area (Å²) in [6.45, 7) is 29.0. The van der Waals surface area contributed by atoms with Crippen molar-refractivity contribution in [3.05, 3.63) is 107 Å². The second kappa shape index (κ2) is 13.1. The van der Waals surface area contributed by atoms with Gasteiger partial charge in [0.2, 0.25) is 0 Å². The maximum atomic E-state index is 3.34. The predicted octanol–water partition coefficient (Wildman–Crippen LogP) is 10.8. The number of hydrogen-bond acceptors (Lipinski definition) is 0. The van der Waals surface area contributed by atoms with Crippen LogP contribution >= 0.6 is 17.2 Å². The summed E-state index contributed by atoms with van der Waals surface area (Å²) < 4.78 is 0. The molecule has 0 fully saturated rings. The summed E-state index contributed by atoms with van der Waals surface area (Å²) in [5.74, 6) is 0. The number of nitrogens with one attached hydrogen (secondary N) is 2. The normalized spacial score (nSPS) is 13.1. The Balaban J connectivity index is 0.000000883. The van der Waals surface area contributed by atoms with Crippen molar-refractivity contribution in [3.63, 3.8) is 0 Å². The van der Waals surface area contributed by atoms with Gasteiger partial charge in [-0.15, -0.1) is 14.8 Å². The van der Waals surface area contributed by atoms with Crippen molar-refractivity contribution in [2.45, 2.75) is 116 Å². The summed E-state index contributed by atoms with van der Waals surface area (Å²) in [5, 5.41) is 0.186. The van der Waals surface area contributed by atoms with Crippen molar-refractivity contribution in [1.82, 2.24) is 9.97 Å². The van der Waals surface area contributed by atoms with E-state index in [0.29, 0.717) is 0 Å². The van der Waals surface area contributed by atoms with Crippen LogP contribution in [0.15, 0.2) is 73.3 Å². The zero-order chi connectivity index (χ0) is 30.1. The molecule has 4 aromatic rings. The van der Waals surface area contributed by atoms with Gasteiger partial charge in [0, 0.05) is 29.9 Å². The molecule has 41 heavy (non-hydrogen) atoms. The molecule has 2 aromatic carbocycles. The molecule has 0 radical (unpaired) electrons. The second-order valence-electron chi connectivity index (χ2n) is 15.2. The number of H-pyrrole nitrogens is 2. The standard InChI is InChI=1S/C31H49N2P2.C5H5.Fe/c1-27(2,3)25-17-24(31(34,21-13-15-32-18-21)22-14-16-33-19-22)23(26(25)28(4,5)6)20-35(29(7,8)9)30(10,11)12;1-2-4-5-3-1;/h13-19,32-33H,20,34H2,1-12H3;1-5H;/q2*-1;+2. The Bertz CT molecular complexity index is 1230. The second-order valence-corrected chi connectivity index (χ2v) is 19.9. The molecule has 1 unspecified atom stereocenters. The van der Waals surface area contributed by atoms with Crippen LogP contribution in [-0.2, 0) is 39.2 Å². The molecule has 0 aliphatic rings. The SMILES string of the molecule is CC(C)(C)c1cc(C(P)(c2cc[nH]c2)c2cc[nH]c2)c(CP(C(C)(C)C)C(C)(C)C)[c-]1C(C)(C)C.[Fe+2].c1cc[cH-]c1. The molecule has 0 aliphatic heterocycles.